The number of phenols is 2. The summed E-state index contributed by atoms with van der Waals surface area (Å²) in [5.74, 6) is 2.86. The Balaban J connectivity index is 1.52. The summed E-state index contributed by atoms with van der Waals surface area (Å²) in [7, 11) is 0. The number of thiazole rings is 1. The van der Waals surface area contributed by atoms with E-state index in [2.05, 4.69) is 16.2 Å². The summed E-state index contributed by atoms with van der Waals surface area (Å²) in [6.07, 6.45) is 10.0. The van der Waals surface area contributed by atoms with Crippen LogP contribution in [-0.2, 0) is 0 Å². The molecule has 4 aliphatic rings. The molecule has 2 N–H and O–H groups in total. The van der Waals surface area contributed by atoms with Crippen molar-refractivity contribution in [2.75, 3.05) is 0 Å². The summed E-state index contributed by atoms with van der Waals surface area (Å²) in [5, 5.41) is 21.6. The molecule has 4 fully saturated rings. The smallest absolute Gasteiger partial charge is 0.168 e. The lowest BCUT2D eigenvalue weighted by molar-refractivity contribution is -0.00957. The van der Waals surface area contributed by atoms with Crippen molar-refractivity contribution in [2.24, 2.45) is 28.2 Å². The number of nitrogens with zero attached hydrogens (tertiary/aromatic N) is 2. The zero-order valence-electron chi connectivity index (χ0n) is 13.8. The second-order valence-corrected chi connectivity index (χ2v) is 9.42. The standard InChI is InChI=1S/C19H22N2O2S/c1-10-21-16-17(23)14(5-15(22)18(16)24-10)20-9-19-6-11-2-12(7-19)4-13(3-11)8-19/h5,9,11-13,22-23H,2-4,6-8H2,1H3. The quantitative estimate of drug-likeness (QED) is 0.600. The summed E-state index contributed by atoms with van der Waals surface area (Å²) in [5.41, 5.74) is 1.13. The Morgan fingerprint density at radius 3 is 2.42 bits per heavy atom. The highest BCUT2D eigenvalue weighted by atomic mass is 32.1. The molecule has 0 amide bonds. The first-order valence-corrected chi connectivity index (χ1v) is 9.70. The van der Waals surface area contributed by atoms with Crippen molar-refractivity contribution in [3.8, 4) is 11.5 Å². The molecule has 0 spiro atoms. The van der Waals surface area contributed by atoms with E-state index in [-0.39, 0.29) is 16.9 Å². The van der Waals surface area contributed by atoms with Crippen molar-refractivity contribution >= 4 is 33.5 Å². The SMILES string of the molecule is Cc1nc2c(O)c(N=CC34CC5CC(CC(C5)C3)C4)cc(O)c2s1. The van der Waals surface area contributed by atoms with Gasteiger partial charge in [-0.1, -0.05) is 0 Å². The summed E-state index contributed by atoms with van der Waals surface area (Å²) in [6.45, 7) is 1.88. The maximum absolute atomic E-state index is 10.5. The van der Waals surface area contributed by atoms with Crippen molar-refractivity contribution in [3.05, 3.63) is 11.1 Å². The van der Waals surface area contributed by atoms with E-state index in [1.807, 2.05) is 6.92 Å². The molecule has 6 rings (SSSR count). The van der Waals surface area contributed by atoms with Crippen LogP contribution in [0.15, 0.2) is 11.1 Å². The highest BCUT2D eigenvalue weighted by molar-refractivity contribution is 7.19. The van der Waals surface area contributed by atoms with Crippen molar-refractivity contribution in [3.63, 3.8) is 0 Å². The van der Waals surface area contributed by atoms with E-state index in [0.717, 1.165) is 22.8 Å². The van der Waals surface area contributed by atoms with Gasteiger partial charge in [-0.25, -0.2) is 4.98 Å². The molecule has 0 saturated heterocycles. The van der Waals surface area contributed by atoms with Gasteiger partial charge in [-0.3, -0.25) is 4.99 Å². The van der Waals surface area contributed by atoms with E-state index in [0.29, 0.717) is 15.9 Å². The lowest BCUT2D eigenvalue weighted by Crippen LogP contribution is -2.46. The zero-order valence-corrected chi connectivity index (χ0v) is 14.6. The third kappa shape index (κ3) is 2.17. The van der Waals surface area contributed by atoms with Crippen molar-refractivity contribution in [1.82, 2.24) is 4.98 Å². The van der Waals surface area contributed by atoms with Gasteiger partial charge in [0.05, 0.1) is 5.01 Å². The molecule has 24 heavy (non-hydrogen) atoms. The summed E-state index contributed by atoms with van der Waals surface area (Å²) >= 11 is 1.39. The second-order valence-electron chi connectivity index (χ2n) is 8.21. The maximum Gasteiger partial charge on any atom is 0.168 e. The molecule has 1 heterocycles. The molecule has 4 nitrogen and oxygen atoms in total. The second kappa shape index (κ2) is 4.94. The first-order chi connectivity index (χ1) is 11.5. The summed E-state index contributed by atoms with van der Waals surface area (Å²) in [6, 6.07) is 1.58. The Bertz CT molecular complexity index is 819. The predicted molar refractivity (Wildman–Crippen MR) is 96.4 cm³/mol. The molecule has 4 saturated carbocycles. The van der Waals surface area contributed by atoms with Crippen molar-refractivity contribution in [2.45, 2.75) is 45.4 Å². The summed E-state index contributed by atoms with van der Waals surface area (Å²) in [4.78, 5) is 8.99. The molecule has 2 aromatic rings. The van der Waals surface area contributed by atoms with Gasteiger partial charge in [0, 0.05) is 17.7 Å². The Morgan fingerprint density at radius 2 is 1.79 bits per heavy atom. The molecule has 0 atom stereocenters. The highest BCUT2D eigenvalue weighted by Crippen LogP contribution is 2.59. The maximum atomic E-state index is 10.5. The van der Waals surface area contributed by atoms with Gasteiger partial charge in [0.15, 0.2) is 5.75 Å². The molecule has 5 heteroatoms. The molecular formula is C19H22N2O2S. The molecule has 0 unspecified atom stereocenters. The average molecular weight is 342 g/mol. The van der Waals surface area contributed by atoms with E-state index in [1.165, 1.54) is 49.9 Å². The first kappa shape index (κ1) is 14.7. The number of aromatic nitrogens is 1. The molecule has 1 aromatic carbocycles. The molecule has 4 aliphatic carbocycles. The topological polar surface area (TPSA) is 65.7 Å². The largest absolute Gasteiger partial charge is 0.506 e. The minimum Gasteiger partial charge on any atom is -0.506 e. The molecule has 1 aromatic heterocycles. The minimum absolute atomic E-state index is 0.0909. The van der Waals surface area contributed by atoms with Crippen LogP contribution in [0.3, 0.4) is 0 Å². The minimum atomic E-state index is 0.0909. The number of aryl methyl sites for hydroxylation is 1. The van der Waals surface area contributed by atoms with Gasteiger partial charge >= 0.3 is 0 Å². The van der Waals surface area contributed by atoms with Crippen LogP contribution in [0.4, 0.5) is 5.69 Å². The Labute approximate surface area is 145 Å². The van der Waals surface area contributed by atoms with Crippen LogP contribution in [0.25, 0.3) is 10.2 Å². The fraction of sp³-hybridized carbons (Fsp3) is 0.579. The molecule has 126 valence electrons. The fourth-order valence-corrected chi connectivity index (χ4v) is 6.62. The van der Waals surface area contributed by atoms with Crippen LogP contribution < -0.4 is 0 Å². The number of benzene rings is 1. The fourth-order valence-electron chi connectivity index (χ4n) is 5.79. The first-order valence-electron chi connectivity index (χ1n) is 8.89. The van der Waals surface area contributed by atoms with Crippen LogP contribution in [0.2, 0.25) is 0 Å². The number of hydrogen-bond acceptors (Lipinski definition) is 5. The Kier molecular flexibility index (Phi) is 3.03. The molecule has 0 radical (unpaired) electrons. The van der Waals surface area contributed by atoms with Gasteiger partial charge in [-0.15, -0.1) is 11.3 Å². The number of aromatic hydroxyl groups is 2. The van der Waals surface area contributed by atoms with Crippen molar-refractivity contribution in [1.29, 1.82) is 0 Å². The van der Waals surface area contributed by atoms with E-state index >= 15 is 0 Å². The van der Waals surface area contributed by atoms with Gasteiger partial charge in [0.1, 0.15) is 21.7 Å². The van der Waals surface area contributed by atoms with E-state index < -0.39 is 0 Å². The summed E-state index contributed by atoms with van der Waals surface area (Å²) < 4.78 is 0.638. The molecule has 0 aliphatic heterocycles. The van der Waals surface area contributed by atoms with Crippen LogP contribution in [0.1, 0.15) is 43.5 Å². The van der Waals surface area contributed by atoms with Gasteiger partial charge < -0.3 is 10.2 Å². The van der Waals surface area contributed by atoms with Crippen LogP contribution >= 0.6 is 11.3 Å². The normalized spacial score (nSPS) is 34.6. The van der Waals surface area contributed by atoms with Gasteiger partial charge in [-0.05, 0) is 63.2 Å². The lowest BCUT2D eigenvalue weighted by atomic mass is 9.50. The van der Waals surface area contributed by atoms with E-state index in [4.69, 9.17) is 0 Å². The van der Waals surface area contributed by atoms with Gasteiger partial charge in [0.25, 0.3) is 0 Å². The number of aliphatic imine (C=N–C) groups is 1. The van der Waals surface area contributed by atoms with Crippen molar-refractivity contribution < 1.29 is 10.2 Å². The highest BCUT2D eigenvalue weighted by Gasteiger charge is 2.50. The van der Waals surface area contributed by atoms with Gasteiger partial charge in [0.2, 0.25) is 0 Å². The third-order valence-electron chi connectivity index (χ3n) is 6.27. The number of hydrogen-bond donors (Lipinski definition) is 2. The van der Waals surface area contributed by atoms with Crippen LogP contribution in [0.5, 0.6) is 11.5 Å². The van der Waals surface area contributed by atoms with Crippen LogP contribution in [0, 0.1) is 30.1 Å². The average Bonchev–Trinajstić information content (AvgIpc) is 2.91. The third-order valence-corrected chi connectivity index (χ3v) is 7.26. The predicted octanol–water partition coefficient (Wildman–Crippen LogP) is 4.93. The molecule has 4 bridgehead atoms. The van der Waals surface area contributed by atoms with E-state index in [1.54, 1.807) is 6.07 Å². The van der Waals surface area contributed by atoms with E-state index in [9.17, 15) is 10.2 Å². The number of rotatable bonds is 2. The van der Waals surface area contributed by atoms with Crippen LogP contribution in [-0.4, -0.2) is 21.4 Å². The Hall–Kier alpha value is -1.62. The monoisotopic (exact) mass is 342 g/mol. The number of phenolic OH excluding ortho intramolecular Hbond substituents is 2. The zero-order chi connectivity index (χ0) is 16.5. The number of fused-ring (bicyclic) bond motifs is 1. The Morgan fingerprint density at radius 1 is 1.17 bits per heavy atom. The molecular weight excluding hydrogens is 320 g/mol. The van der Waals surface area contributed by atoms with Gasteiger partial charge in [-0.2, -0.15) is 0 Å². The lowest BCUT2D eigenvalue weighted by Gasteiger charge is -2.55.